The van der Waals surface area contributed by atoms with E-state index in [4.69, 9.17) is 67.2 Å². The second-order valence-electron chi connectivity index (χ2n) is 6.82. The summed E-state index contributed by atoms with van der Waals surface area (Å²) in [5.41, 5.74) is 0.800. The quantitative estimate of drug-likeness (QED) is 0.259. The Morgan fingerprint density at radius 2 is 1.82 bits per heavy atom. The highest BCUT2D eigenvalue weighted by atomic mass is 35.5. The normalized spacial score (nSPS) is 10.9. The monoisotopic (exact) mass is 543 g/mol. The number of amides is 1. The van der Waals surface area contributed by atoms with E-state index < -0.39 is 5.91 Å². The molecule has 0 fully saturated rings. The number of hydrogen-bond donors (Lipinski definition) is 1. The van der Waals surface area contributed by atoms with Gasteiger partial charge in [-0.2, -0.15) is 5.10 Å². The van der Waals surface area contributed by atoms with Crippen LogP contribution in [0.4, 0.5) is 5.82 Å². The van der Waals surface area contributed by atoms with Crippen LogP contribution in [0.3, 0.4) is 0 Å². The fraction of sp³-hybridized carbons (Fsp3) is 0.0909. The fourth-order valence-corrected chi connectivity index (χ4v) is 3.89. The minimum absolute atomic E-state index is 0.0601. The van der Waals surface area contributed by atoms with Gasteiger partial charge in [0.25, 0.3) is 5.91 Å². The van der Waals surface area contributed by atoms with Crippen molar-refractivity contribution in [2.45, 2.75) is 13.2 Å². The highest BCUT2D eigenvalue weighted by Crippen LogP contribution is 2.32. The molecule has 0 aliphatic rings. The van der Waals surface area contributed by atoms with Gasteiger partial charge in [0.15, 0.2) is 11.6 Å². The standard InChI is InChI=1S/C22H14Cl5N3O3/c23-13-5-4-12(16(25)8-13)9-30-10-17(26)21(29-30)28-22(31)19-7-6-14(33-19)11-32-18-3-1-2-15(24)20(18)27/h1-8,10H,9,11H2,(H,28,29,31). The summed E-state index contributed by atoms with van der Waals surface area (Å²) in [6.07, 6.45) is 1.58. The van der Waals surface area contributed by atoms with Gasteiger partial charge in [-0.1, -0.05) is 70.1 Å². The fourth-order valence-electron chi connectivity index (χ4n) is 2.88. The number of nitrogens with one attached hydrogen (secondary N) is 1. The third kappa shape index (κ3) is 5.78. The lowest BCUT2D eigenvalue weighted by molar-refractivity contribution is 0.0992. The van der Waals surface area contributed by atoms with Gasteiger partial charge in [-0.25, -0.2) is 0 Å². The number of furan rings is 1. The largest absolute Gasteiger partial charge is 0.484 e. The lowest BCUT2D eigenvalue weighted by Gasteiger charge is -2.07. The molecular formula is C22H14Cl5N3O3. The summed E-state index contributed by atoms with van der Waals surface area (Å²) < 4.78 is 12.7. The molecule has 0 aliphatic heterocycles. The molecule has 0 spiro atoms. The smallest absolute Gasteiger partial charge is 0.292 e. The first kappa shape index (κ1) is 23.8. The SMILES string of the molecule is O=C(Nc1nn(Cc2ccc(Cl)cc2Cl)cc1Cl)c1ccc(COc2cccc(Cl)c2Cl)o1. The van der Waals surface area contributed by atoms with E-state index in [2.05, 4.69) is 10.4 Å². The van der Waals surface area contributed by atoms with Crippen LogP contribution in [0.25, 0.3) is 0 Å². The number of hydrogen-bond acceptors (Lipinski definition) is 4. The van der Waals surface area contributed by atoms with Crippen LogP contribution in [0, 0.1) is 0 Å². The molecule has 33 heavy (non-hydrogen) atoms. The second kappa shape index (κ2) is 10.3. The molecule has 0 radical (unpaired) electrons. The van der Waals surface area contributed by atoms with Crippen LogP contribution in [-0.4, -0.2) is 15.7 Å². The number of ether oxygens (including phenoxy) is 1. The van der Waals surface area contributed by atoms with Crippen LogP contribution in [0.1, 0.15) is 21.9 Å². The van der Waals surface area contributed by atoms with Crippen LogP contribution < -0.4 is 10.1 Å². The molecule has 0 unspecified atom stereocenters. The number of anilines is 1. The zero-order valence-corrected chi connectivity index (χ0v) is 20.4. The molecule has 0 saturated heterocycles. The molecule has 2 aromatic heterocycles. The summed E-state index contributed by atoms with van der Waals surface area (Å²) in [4.78, 5) is 12.6. The Morgan fingerprint density at radius 3 is 2.61 bits per heavy atom. The Balaban J connectivity index is 1.39. The van der Waals surface area contributed by atoms with Gasteiger partial charge in [0.05, 0.1) is 11.6 Å². The van der Waals surface area contributed by atoms with E-state index >= 15 is 0 Å². The highest BCUT2D eigenvalue weighted by Gasteiger charge is 2.17. The third-order valence-corrected chi connectivity index (χ3v) is 6.13. The average molecular weight is 546 g/mol. The Morgan fingerprint density at radius 1 is 1.00 bits per heavy atom. The van der Waals surface area contributed by atoms with Crippen molar-refractivity contribution < 1.29 is 13.9 Å². The van der Waals surface area contributed by atoms with Crippen molar-refractivity contribution in [3.63, 3.8) is 0 Å². The molecule has 4 aromatic rings. The molecule has 2 heterocycles. The van der Waals surface area contributed by atoms with Gasteiger partial charge in [-0.3, -0.25) is 9.48 Å². The summed E-state index contributed by atoms with van der Waals surface area (Å²) in [5, 5.41) is 8.91. The van der Waals surface area contributed by atoms with E-state index in [1.165, 1.54) is 6.07 Å². The Kier molecular flexibility index (Phi) is 7.41. The number of carbonyl (C=O) groups is 1. The summed E-state index contributed by atoms with van der Waals surface area (Å²) in [6.45, 7) is 0.407. The first-order chi connectivity index (χ1) is 15.8. The lowest BCUT2D eigenvalue weighted by atomic mass is 10.2. The topological polar surface area (TPSA) is 69.3 Å². The zero-order chi connectivity index (χ0) is 23.5. The van der Waals surface area contributed by atoms with E-state index in [-0.39, 0.29) is 23.2 Å². The van der Waals surface area contributed by atoms with Crippen molar-refractivity contribution in [3.8, 4) is 5.75 Å². The molecule has 0 bridgehead atoms. The zero-order valence-electron chi connectivity index (χ0n) is 16.6. The Bertz CT molecular complexity index is 1320. The first-order valence-electron chi connectivity index (χ1n) is 9.44. The first-order valence-corrected chi connectivity index (χ1v) is 11.3. The molecule has 4 rings (SSSR count). The molecule has 1 amide bonds. The van der Waals surface area contributed by atoms with Crippen molar-refractivity contribution in [3.05, 3.63) is 96.9 Å². The minimum Gasteiger partial charge on any atom is -0.484 e. The van der Waals surface area contributed by atoms with E-state index in [1.54, 1.807) is 53.3 Å². The number of rotatable bonds is 7. The molecule has 0 saturated carbocycles. The lowest BCUT2D eigenvalue weighted by Crippen LogP contribution is -2.12. The molecule has 11 heteroatoms. The average Bonchev–Trinajstić information content (AvgIpc) is 3.38. The van der Waals surface area contributed by atoms with E-state index in [0.717, 1.165) is 5.56 Å². The van der Waals surface area contributed by atoms with Crippen LogP contribution in [0.15, 0.2) is 59.1 Å². The molecule has 170 valence electrons. The third-order valence-electron chi connectivity index (χ3n) is 4.47. The number of aromatic nitrogens is 2. The van der Waals surface area contributed by atoms with E-state index in [1.807, 2.05) is 0 Å². The summed E-state index contributed by atoms with van der Waals surface area (Å²) in [5.74, 6) is 0.567. The molecular weight excluding hydrogens is 532 g/mol. The van der Waals surface area contributed by atoms with Gasteiger partial charge in [-0.05, 0) is 42.0 Å². The predicted octanol–water partition coefficient (Wildman–Crippen LogP) is 7.62. The maximum Gasteiger partial charge on any atom is 0.292 e. The van der Waals surface area contributed by atoms with Crippen LogP contribution in [-0.2, 0) is 13.2 Å². The second-order valence-corrected chi connectivity index (χ2v) is 8.86. The van der Waals surface area contributed by atoms with Crippen molar-refractivity contribution in [1.82, 2.24) is 9.78 Å². The molecule has 0 aliphatic carbocycles. The van der Waals surface area contributed by atoms with Gasteiger partial charge in [0, 0.05) is 16.2 Å². The number of nitrogens with zero attached hydrogens (tertiary/aromatic N) is 2. The van der Waals surface area contributed by atoms with Crippen molar-refractivity contribution >= 4 is 69.7 Å². The molecule has 2 aromatic carbocycles. The summed E-state index contributed by atoms with van der Waals surface area (Å²) in [7, 11) is 0. The Labute approximate surface area is 213 Å². The van der Waals surface area contributed by atoms with Gasteiger partial charge < -0.3 is 14.5 Å². The summed E-state index contributed by atoms with van der Waals surface area (Å²) in [6, 6.07) is 13.4. The van der Waals surface area contributed by atoms with Crippen molar-refractivity contribution in [2.75, 3.05) is 5.32 Å². The van der Waals surface area contributed by atoms with Crippen LogP contribution in [0.5, 0.6) is 5.75 Å². The van der Waals surface area contributed by atoms with Crippen molar-refractivity contribution in [1.29, 1.82) is 0 Å². The van der Waals surface area contributed by atoms with Gasteiger partial charge in [0.1, 0.15) is 28.2 Å². The van der Waals surface area contributed by atoms with E-state index in [9.17, 15) is 4.79 Å². The van der Waals surface area contributed by atoms with Crippen molar-refractivity contribution in [2.24, 2.45) is 0 Å². The molecule has 0 atom stereocenters. The van der Waals surface area contributed by atoms with Gasteiger partial charge in [-0.15, -0.1) is 0 Å². The molecule has 1 N–H and O–H groups in total. The maximum atomic E-state index is 12.6. The number of halogens is 5. The number of carbonyl (C=O) groups excluding carboxylic acids is 1. The van der Waals surface area contributed by atoms with Crippen LogP contribution in [0.2, 0.25) is 25.1 Å². The van der Waals surface area contributed by atoms with Crippen LogP contribution >= 0.6 is 58.0 Å². The van der Waals surface area contributed by atoms with Gasteiger partial charge >= 0.3 is 0 Å². The van der Waals surface area contributed by atoms with E-state index in [0.29, 0.717) is 38.1 Å². The number of benzene rings is 2. The minimum atomic E-state index is -0.515. The highest BCUT2D eigenvalue weighted by molar-refractivity contribution is 6.42. The summed E-state index contributed by atoms with van der Waals surface area (Å²) >= 11 is 30.4. The Hall–Kier alpha value is -2.35. The predicted molar refractivity (Wildman–Crippen MR) is 130 cm³/mol. The van der Waals surface area contributed by atoms with Gasteiger partial charge in [0.2, 0.25) is 0 Å². The maximum absolute atomic E-state index is 12.6. The molecule has 6 nitrogen and oxygen atoms in total.